The number of hydrogen-bond donors (Lipinski definition) is 0. The summed E-state index contributed by atoms with van der Waals surface area (Å²) in [6.45, 7) is 0. The van der Waals surface area contributed by atoms with Gasteiger partial charge in [0.2, 0.25) is 0 Å². The van der Waals surface area contributed by atoms with E-state index in [2.05, 4.69) is 12.1 Å². The van der Waals surface area contributed by atoms with Gasteiger partial charge < -0.3 is 4.74 Å². The summed E-state index contributed by atoms with van der Waals surface area (Å²) in [5.74, 6) is -0.0386. The Morgan fingerprint density at radius 2 is 1.81 bits per heavy atom. The van der Waals surface area contributed by atoms with Crippen molar-refractivity contribution in [2.75, 3.05) is 7.11 Å². The summed E-state index contributed by atoms with van der Waals surface area (Å²) in [4.78, 5) is 11.5. The van der Waals surface area contributed by atoms with E-state index in [4.69, 9.17) is 16.3 Å². The predicted octanol–water partition coefficient (Wildman–Crippen LogP) is 2.93. The number of carbonyl (C=O) groups is 1. The van der Waals surface area contributed by atoms with Gasteiger partial charge in [-0.3, -0.25) is 4.79 Å². The van der Waals surface area contributed by atoms with Gasteiger partial charge in [0.05, 0.1) is 12.5 Å². The zero-order valence-corrected chi connectivity index (χ0v) is 9.88. The average Bonchev–Trinajstić information content (AvgIpc) is 2.16. The van der Waals surface area contributed by atoms with Gasteiger partial charge >= 0.3 is 5.97 Å². The number of rotatable bonds is 2. The molecule has 3 heteroatoms. The van der Waals surface area contributed by atoms with Crippen molar-refractivity contribution in [3.8, 4) is 0 Å². The van der Waals surface area contributed by atoms with Crippen LogP contribution in [-0.2, 0) is 14.9 Å². The highest BCUT2D eigenvalue weighted by Crippen LogP contribution is 2.73. The highest BCUT2D eigenvalue weighted by Gasteiger charge is 2.72. The lowest BCUT2D eigenvalue weighted by molar-refractivity contribution is -0.198. The summed E-state index contributed by atoms with van der Waals surface area (Å²) in [5, 5.41) is 0.762. The quantitative estimate of drug-likeness (QED) is 0.738. The Labute approximate surface area is 99.6 Å². The maximum atomic E-state index is 11.5. The summed E-state index contributed by atoms with van der Waals surface area (Å²) in [6, 6.07) is 7.98. The minimum atomic E-state index is -0.158. The van der Waals surface area contributed by atoms with Crippen molar-refractivity contribution in [1.29, 1.82) is 0 Å². The zero-order chi connectivity index (χ0) is 11.4. The molecule has 1 aromatic rings. The molecule has 0 heterocycles. The maximum Gasteiger partial charge on any atom is 0.311 e. The number of methoxy groups -OCH3 is 1. The number of ether oxygens (including phenoxy) is 1. The molecular weight excluding hydrogens is 224 g/mol. The molecule has 3 fully saturated rings. The number of halogens is 1. The van der Waals surface area contributed by atoms with E-state index in [9.17, 15) is 4.79 Å². The largest absolute Gasteiger partial charge is 0.469 e. The first kappa shape index (κ1) is 10.2. The Morgan fingerprint density at radius 1 is 1.25 bits per heavy atom. The lowest BCUT2D eigenvalue weighted by atomic mass is 9.33. The molecule has 0 spiro atoms. The van der Waals surface area contributed by atoms with Gasteiger partial charge in [-0.1, -0.05) is 23.7 Å². The van der Waals surface area contributed by atoms with Gasteiger partial charge in [0.15, 0.2) is 0 Å². The van der Waals surface area contributed by atoms with Gasteiger partial charge in [-0.05, 0) is 42.4 Å². The number of esters is 1. The van der Waals surface area contributed by atoms with Crippen LogP contribution >= 0.6 is 11.6 Å². The zero-order valence-electron chi connectivity index (χ0n) is 9.13. The molecule has 1 aromatic carbocycles. The molecule has 0 amide bonds. The number of hydrogen-bond acceptors (Lipinski definition) is 2. The fourth-order valence-corrected chi connectivity index (χ4v) is 3.46. The van der Waals surface area contributed by atoms with Gasteiger partial charge in [-0.2, -0.15) is 0 Å². The molecule has 4 rings (SSSR count). The van der Waals surface area contributed by atoms with E-state index >= 15 is 0 Å². The molecule has 0 radical (unpaired) electrons. The summed E-state index contributed by atoms with van der Waals surface area (Å²) in [6.07, 6.45) is 2.82. The maximum absolute atomic E-state index is 11.5. The topological polar surface area (TPSA) is 26.3 Å². The van der Waals surface area contributed by atoms with Crippen LogP contribution in [0.1, 0.15) is 24.8 Å². The van der Waals surface area contributed by atoms with Gasteiger partial charge in [0.25, 0.3) is 0 Å². The Bertz CT molecular complexity index is 430. The first-order valence-electron chi connectivity index (χ1n) is 5.45. The van der Waals surface area contributed by atoms with E-state index in [0.29, 0.717) is 0 Å². The van der Waals surface area contributed by atoms with Crippen LogP contribution in [0.25, 0.3) is 0 Å². The molecule has 0 saturated heterocycles. The molecule has 0 N–H and O–H groups in total. The van der Waals surface area contributed by atoms with E-state index in [1.807, 2.05) is 12.1 Å². The highest BCUT2D eigenvalue weighted by atomic mass is 35.5. The summed E-state index contributed by atoms with van der Waals surface area (Å²) in [5.41, 5.74) is 1.38. The second-order valence-electron chi connectivity index (χ2n) is 5.09. The minimum absolute atomic E-state index is 0.0386. The molecule has 0 aliphatic heterocycles. The van der Waals surface area contributed by atoms with Crippen LogP contribution in [0.4, 0.5) is 0 Å². The van der Waals surface area contributed by atoms with Crippen LogP contribution in [0, 0.1) is 5.41 Å². The monoisotopic (exact) mass is 236 g/mol. The molecule has 0 atom stereocenters. The lowest BCUT2D eigenvalue weighted by Crippen LogP contribution is -2.68. The third-order valence-corrected chi connectivity index (χ3v) is 4.36. The van der Waals surface area contributed by atoms with E-state index in [0.717, 1.165) is 24.3 Å². The van der Waals surface area contributed by atoms with Crippen LogP contribution in [0.2, 0.25) is 5.02 Å². The molecule has 3 aliphatic carbocycles. The third-order valence-electron chi connectivity index (χ3n) is 4.11. The Kier molecular flexibility index (Phi) is 1.91. The summed E-state index contributed by atoms with van der Waals surface area (Å²) < 4.78 is 4.83. The Hall–Kier alpha value is -1.02. The van der Waals surface area contributed by atoms with Crippen molar-refractivity contribution in [2.45, 2.75) is 24.7 Å². The number of carbonyl (C=O) groups excluding carboxylic acids is 1. The fraction of sp³-hybridized carbons (Fsp3) is 0.462. The van der Waals surface area contributed by atoms with Crippen molar-refractivity contribution in [3.05, 3.63) is 34.9 Å². The smallest absolute Gasteiger partial charge is 0.311 e. The van der Waals surface area contributed by atoms with E-state index < -0.39 is 0 Å². The first-order valence-corrected chi connectivity index (χ1v) is 5.83. The van der Waals surface area contributed by atoms with Crippen molar-refractivity contribution in [2.24, 2.45) is 5.41 Å². The standard InChI is InChI=1S/C13H13ClO2/c1-16-11(15)13-6-12(7-13,8-13)9-2-4-10(14)5-3-9/h2-5H,6-8H2,1H3. The molecular formula is C13H13ClO2. The Morgan fingerprint density at radius 3 is 2.31 bits per heavy atom. The van der Waals surface area contributed by atoms with Crippen molar-refractivity contribution in [1.82, 2.24) is 0 Å². The molecule has 2 bridgehead atoms. The minimum Gasteiger partial charge on any atom is -0.469 e. The molecule has 3 saturated carbocycles. The second-order valence-corrected chi connectivity index (χ2v) is 5.53. The number of benzene rings is 1. The third kappa shape index (κ3) is 1.11. The lowest BCUT2D eigenvalue weighted by Gasteiger charge is -2.68. The van der Waals surface area contributed by atoms with Crippen LogP contribution in [0.15, 0.2) is 24.3 Å². The van der Waals surface area contributed by atoms with Crippen LogP contribution in [0.3, 0.4) is 0 Å². The average molecular weight is 237 g/mol. The summed E-state index contributed by atoms with van der Waals surface area (Å²) in [7, 11) is 1.47. The molecule has 84 valence electrons. The first-order chi connectivity index (χ1) is 7.60. The molecule has 16 heavy (non-hydrogen) atoms. The Balaban J connectivity index is 1.78. The van der Waals surface area contributed by atoms with E-state index in [1.54, 1.807) is 0 Å². The van der Waals surface area contributed by atoms with Gasteiger partial charge in [0, 0.05) is 5.02 Å². The fourth-order valence-electron chi connectivity index (χ4n) is 3.33. The van der Waals surface area contributed by atoms with Gasteiger partial charge in [-0.25, -0.2) is 0 Å². The molecule has 2 nitrogen and oxygen atoms in total. The molecule has 3 aliphatic rings. The van der Waals surface area contributed by atoms with Crippen LogP contribution < -0.4 is 0 Å². The van der Waals surface area contributed by atoms with Crippen molar-refractivity contribution in [3.63, 3.8) is 0 Å². The van der Waals surface area contributed by atoms with Crippen LogP contribution in [0.5, 0.6) is 0 Å². The SMILES string of the molecule is COC(=O)C12CC(c3ccc(Cl)cc3)(C1)C2. The summed E-state index contributed by atoms with van der Waals surface area (Å²) >= 11 is 5.86. The predicted molar refractivity (Wildman–Crippen MR) is 61.4 cm³/mol. The molecule has 0 aromatic heterocycles. The van der Waals surface area contributed by atoms with Gasteiger partial charge in [-0.15, -0.1) is 0 Å². The second kappa shape index (κ2) is 3.01. The highest BCUT2D eigenvalue weighted by molar-refractivity contribution is 6.30. The van der Waals surface area contributed by atoms with Gasteiger partial charge in [0.1, 0.15) is 0 Å². The van der Waals surface area contributed by atoms with Crippen molar-refractivity contribution < 1.29 is 9.53 Å². The van der Waals surface area contributed by atoms with Crippen LogP contribution in [-0.4, -0.2) is 13.1 Å². The van der Waals surface area contributed by atoms with Crippen molar-refractivity contribution >= 4 is 17.6 Å². The van der Waals surface area contributed by atoms with E-state index in [-0.39, 0.29) is 16.8 Å². The normalized spacial score (nSPS) is 34.9. The molecule has 0 unspecified atom stereocenters. The van der Waals surface area contributed by atoms with E-state index in [1.165, 1.54) is 12.7 Å².